The summed E-state index contributed by atoms with van der Waals surface area (Å²) in [5, 5.41) is 0. The Balaban J connectivity index is 0.000000433. The summed E-state index contributed by atoms with van der Waals surface area (Å²) in [6, 6.07) is 7.17. The zero-order chi connectivity index (χ0) is 60.1. The van der Waals surface area contributed by atoms with E-state index in [4.69, 9.17) is 0 Å². The van der Waals surface area contributed by atoms with Crippen molar-refractivity contribution >= 4 is 49.5 Å². The summed E-state index contributed by atoms with van der Waals surface area (Å²) in [5.74, 6) is -0.0477. The van der Waals surface area contributed by atoms with Gasteiger partial charge in [0.1, 0.15) is 28.1 Å². The van der Waals surface area contributed by atoms with E-state index in [0.29, 0.717) is 16.9 Å². The topological polar surface area (TPSA) is 51.2 Å². The van der Waals surface area contributed by atoms with Gasteiger partial charge in [0.2, 0.25) is 5.78 Å². The minimum Gasteiger partial charge on any atom is -0.300 e. The highest BCUT2D eigenvalue weighted by Crippen LogP contribution is 2.41. The zero-order valence-electron chi connectivity index (χ0n) is 39.3. The highest BCUT2D eigenvalue weighted by atomic mass is 32.2. The van der Waals surface area contributed by atoms with Crippen LogP contribution in [0.2, 0.25) is 0 Å². The number of halogens is 24. The number of carbonyl (C=O) groups is 2. The van der Waals surface area contributed by atoms with Gasteiger partial charge in [0.05, 0.1) is 44.5 Å². The van der Waals surface area contributed by atoms with Crippen LogP contribution in [0.4, 0.5) is 105 Å². The Morgan fingerprint density at radius 1 is 0.380 bits per heavy atom. The molecule has 0 saturated carbocycles. The van der Waals surface area contributed by atoms with Crippen molar-refractivity contribution in [3.05, 3.63) is 183 Å². The number of Topliss-reactive ketones (excluding diaryl/α,β-unsaturated/α-hetero) is 2. The lowest BCUT2D eigenvalue weighted by Crippen LogP contribution is -2.75. The van der Waals surface area contributed by atoms with Gasteiger partial charge in [-0.1, -0.05) is 95.2 Å². The lowest BCUT2D eigenvalue weighted by atomic mass is 9.12. The van der Waals surface area contributed by atoms with Gasteiger partial charge in [-0.15, -0.1) is 0 Å². The monoisotopic (exact) mass is 1180 g/mol. The first kappa shape index (κ1) is 63.0. The smallest absolute Gasteiger partial charge is 0.300 e. The molecule has 0 amide bonds. The average molecular weight is 1180 g/mol. The summed E-state index contributed by atoms with van der Waals surface area (Å²) in [6.45, 7) is 1.54. The molecule has 0 fully saturated rings. The predicted molar refractivity (Wildman–Crippen MR) is 239 cm³/mol. The highest BCUT2D eigenvalue weighted by molar-refractivity contribution is 8.03. The van der Waals surface area contributed by atoms with Crippen LogP contribution < -0.4 is 21.9 Å². The minimum absolute atomic E-state index is 0.0108. The zero-order valence-corrected chi connectivity index (χ0v) is 40.1. The summed E-state index contributed by atoms with van der Waals surface area (Å²) in [7, 11) is -2.44. The van der Waals surface area contributed by atoms with E-state index in [1.807, 2.05) is 6.07 Å². The Bertz CT molecular complexity index is 2820. The van der Waals surface area contributed by atoms with Crippen LogP contribution in [0, 0.1) is 0 Å². The van der Waals surface area contributed by atoms with Crippen molar-refractivity contribution < 1.29 is 119 Å². The van der Waals surface area contributed by atoms with Gasteiger partial charge in [0.15, 0.2) is 10.6 Å². The number of rotatable bonds is 10. The molecule has 0 bridgehead atoms. The molecular weight excluding hydrogens is 1150 g/mol. The molecule has 6 aromatic carbocycles. The summed E-state index contributed by atoms with van der Waals surface area (Å²) in [4.78, 5) is 24.0. The summed E-state index contributed by atoms with van der Waals surface area (Å²) in [5.41, 5.74) is -28.7. The second-order valence-corrected chi connectivity index (χ2v) is 20.5. The van der Waals surface area contributed by atoms with Crippen molar-refractivity contribution in [3.63, 3.8) is 0 Å². The fraction of sp³-hybridized carbons (Fsp3) is 0.240. The third-order valence-electron chi connectivity index (χ3n) is 11.8. The molecule has 1 atom stereocenters. The van der Waals surface area contributed by atoms with Crippen LogP contribution in [0.15, 0.2) is 132 Å². The number of carbonyl (C=O) groups excluding carboxylic acids is 2. The van der Waals surface area contributed by atoms with E-state index in [2.05, 4.69) is 0 Å². The quantitative estimate of drug-likeness (QED) is 0.0594. The third-order valence-corrected chi connectivity index (χ3v) is 13.9. The summed E-state index contributed by atoms with van der Waals surface area (Å²) >= 11 is 0. The number of hydrogen-bond acceptors (Lipinski definition) is 3. The standard InChI is InChI=1S/C32H12BF24.C18H19O3S/c34-25(35,36)13-1-14(26(37,38)39)6-21(5-13)33(22-7-15(27(40,41)42)2-16(8-22)28(43,44)45,23-9-17(29(46,47)48)3-18(10-23)30(49,50)51)24-11-19(31(52,53)54)4-20(12-24)32(55,56)57;1-14(19)12-15-8-10-17(11-9-15)22(2,21)13-18(20)16-6-4-3-5-7-16/h1-12H;3-11H,12-13H2,1-2H3/q-1;+1. The molecule has 0 heterocycles. The molecule has 6 aromatic rings. The maximum absolute atomic E-state index is 14.2. The second kappa shape index (κ2) is 21.7. The molecule has 0 spiro atoms. The Morgan fingerprint density at radius 2 is 0.620 bits per heavy atom. The van der Waals surface area contributed by atoms with E-state index in [1.54, 1.807) is 54.8 Å². The average Bonchev–Trinajstić information content (AvgIpc) is 3.35. The van der Waals surface area contributed by atoms with Crippen molar-refractivity contribution in [1.82, 2.24) is 0 Å². The Morgan fingerprint density at radius 3 is 0.835 bits per heavy atom. The Kier molecular flexibility index (Phi) is 17.3. The van der Waals surface area contributed by atoms with Crippen LogP contribution in [-0.4, -0.2) is 29.7 Å². The Labute approximate surface area is 430 Å². The molecule has 0 aliphatic heterocycles. The molecule has 0 aliphatic rings. The van der Waals surface area contributed by atoms with Gasteiger partial charge in [-0.3, -0.25) is 9.59 Å². The predicted octanol–water partition coefficient (Wildman–Crippen LogP) is 14.4. The maximum Gasteiger partial charge on any atom is 0.416 e. The van der Waals surface area contributed by atoms with Crippen molar-refractivity contribution in [2.75, 3.05) is 12.0 Å². The van der Waals surface area contributed by atoms with Gasteiger partial charge < -0.3 is 0 Å². The molecule has 0 radical (unpaired) electrons. The van der Waals surface area contributed by atoms with E-state index in [9.17, 15) is 119 Å². The normalized spacial score (nSPS) is 14.1. The molecule has 0 aromatic heterocycles. The molecule has 79 heavy (non-hydrogen) atoms. The number of alkyl halides is 24. The maximum atomic E-state index is 14.2. The molecule has 0 N–H and O–H groups in total. The number of benzene rings is 6. The first-order valence-electron chi connectivity index (χ1n) is 21.6. The van der Waals surface area contributed by atoms with Crippen molar-refractivity contribution in [1.29, 1.82) is 0 Å². The summed E-state index contributed by atoms with van der Waals surface area (Å²) in [6.07, 6.45) is -52.8. The Hall–Kier alpha value is -6.81. The number of ketones is 2. The number of hydrogen-bond donors (Lipinski definition) is 0. The van der Waals surface area contributed by atoms with Gasteiger partial charge in [-0.2, -0.15) is 127 Å². The molecule has 6 rings (SSSR count). The third kappa shape index (κ3) is 15.1. The van der Waals surface area contributed by atoms with E-state index in [1.165, 1.54) is 6.92 Å². The lowest BCUT2D eigenvalue weighted by Gasteiger charge is -2.46. The van der Waals surface area contributed by atoms with E-state index in [-0.39, 0.29) is 17.3 Å². The van der Waals surface area contributed by atoms with Crippen molar-refractivity contribution in [3.8, 4) is 0 Å². The SMILES string of the molecule is CC(=O)Cc1ccc([S+](C)(=O)CC(=O)c2ccccc2)cc1.FC(F)(F)c1cc([B-](c2cc(C(F)(F)F)cc(C(F)(F)F)c2)(c2cc(C(F)(F)F)cc(C(F)(F)F)c2)c2cc(C(F)(F)F)cc(C(F)(F)F)c2)cc(C(F)(F)F)c1. The largest absolute Gasteiger partial charge is 0.416 e. The van der Waals surface area contributed by atoms with Crippen molar-refractivity contribution in [2.24, 2.45) is 0 Å². The molecule has 426 valence electrons. The first-order chi connectivity index (χ1) is 35.6. The molecular formula is C50H31BF24O3S. The van der Waals surface area contributed by atoms with Crippen LogP contribution in [0.5, 0.6) is 0 Å². The molecule has 29 heteroatoms. The van der Waals surface area contributed by atoms with Crippen LogP contribution in [0.25, 0.3) is 0 Å². The van der Waals surface area contributed by atoms with Gasteiger partial charge in [0, 0.05) is 12.0 Å². The second-order valence-electron chi connectivity index (χ2n) is 17.7. The fourth-order valence-corrected chi connectivity index (χ4v) is 9.84. The molecule has 0 saturated heterocycles. The van der Waals surface area contributed by atoms with Crippen LogP contribution >= 0.6 is 0 Å². The minimum atomic E-state index is -6.13. The van der Waals surface area contributed by atoms with Gasteiger partial charge in [-0.25, -0.2) is 0 Å². The van der Waals surface area contributed by atoms with E-state index in [0.717, 1.165) is 5.56 Å². The summed E-state index contributed by atoms with van der Waals surface area (Å²) < 4.78 is 354. The van der Waals surface area contributed by atoms with Gasteiger partial charge in [-0.05, 0) is 48.9 Å². The van der Waals surface area contributed by atoms with Crippen LogP contribution in [0.1, 0.15) is 67.4 Å². The fourth-order valence-electron chi connectivity index (χ4n) is 8.29. The first-order valence-corrected chi connectivity index (χ1v) is 23.8. The van der Waals surface area contributed by atoms with Gasteiger partial charge in [0.25, 0.3) is 0 Å². The van der Waals surface area contributed by atoms with Crippen LogP contribution in [-0.2, 0) is 74.8 Å². The van der Waals surface area contributed by atoms with E-state index >= 15 is 0 Å². The molecule has 3 nitrogen and oxygen atoms in total. The highest BCUT2D eigenvalue weighted by Gasteiger charge is 2.47. The van der Waals surface area contributed by atoms with Crippen LogP contribution in [0.3, 0.4) is 0 Å². The van der Waals surface area contributed by atoms with Gasteiger partial charge >= 0.3 is 49.4 Å². The van der Waals surface area contributed by atoms with Crippen molar-refractivity contribution in [2.45, 2.75) is 67.7 Å². The molecule has 1 unspecified atom stereocenters. The van der Waals surface area contributed by atoms with E-state index < -0.39 is 205 Å². The lowest BCUT2D eigenvalue weighted by molar-refractivity contribution is -0.144. The molecule has 0 aliphatic carbocycles.